The van der Waals surface area contributed by atoms with E-state index in [1.807, 2.05) is 0 Å². The van der Waals surface area contributed by atoms with Gasteiger partial charge in [-0.15, -0.1) is 0 Å². The number of hydrogen-bond acceptors (Lipinski definition) is 4. The molecule has 0 atom stereocenters. The van der Waals surface area contributed by atoms with Gasteiger partial charge in [0.2, 0.25) is 10.0 Å². The zero-order valence-corrected chi connectivity index (χ0v) is 15.1. The van der Waals surface area contributed by atoms with E-state index in [-0.39, 0.29) is 11.6 Å². The summed E-state index contributed by atoms with van der Waals surface area (Å²) in [6.45, 7) is 5.73. The maximum Gasteiger partial charge on any atom is 0.214 e. The minimum atomic E-state index is -3.11. The molecular formula is C17H27FN2O3S. The van der Waals surface area contributed by atoms with Crippen LogP contribution in [0.1, 0.15) is 26.2 Å². The summed E-state index contributed by atoms with van der Waals surface area (Å²) in [5.74, 6) is 0.463. The molecule has 1 aliphatic rings. The van der Waals surface area contributed by atoms with Crippen molar-refractivity contribution in [1.29, 1.82) is 0 Å². The smallest absolute Gasteiger partial charge is 0.214 e. The molecule has 5 nitrogen and oxygen atoms in total. The number of halogens is 1. The van der Waals surface area contributed by atoms with Crippen molar-refractivity contribution in [1.82, 2.24) is 9.21 Å². The number of ether oxygens (including phenoxy) is 1. The Bertz CT molecular complexity index is 602. The minimum Gasteiger partial charge on any atom is -0.492 e. The summed E-state index contributed by atoms with van der Waals surface area (Å²) in [5.41, 5.74) is 0. The highest BCUT2D eigenvalue weighted by Gasteiger charge is 2.26. The molecule has 0 amide bonds. The van der Waals surface area contributed by atoms with Crippen LogP contribution in [0.5, 0.6) is 5.75 Å². The fourth-order valence-corrected chi connectivity index (χ4v) is 4.29. The van der Waals surface area contributed by atoms with Gasteiger partial charge in [-0.25, -0.2) is 12.8 Å². The quantitative estimate of drug-likeness (QED) is 0.636. The Balaban J connectivity index is 1.69. The summed E-state index contributed by atoms with van der Waals surface area (Å²) >= 11 is 0. The van der Waals surface area contributed by atoms with Gasteiger partial charge in [0.05, 0.1) is 5.75 Å². The number of unbranched alkanes of at least 4 members (excludes halogenated alkanes) is 2. The summed E-state index contributed by atoms with van der Waals surface area (Å²) < 4.78 is 44.7. The topological polar surface area (TPSA) is 49.9 Å². The molecule has 0 spiro atoms. The van der Waals surface area contributed by atoms with E-state index in [9.17, 15) is 12.8 Å². The molecule has 0 aliphatic carbocycles. The van der Waals surface area contributed by atoms with E-state index in [4.69, 9.17) is 4.74 Å². The molecule has 24 heavy (non-hydrogen) atoms. The van der Waals surface area contributed by atoms with Gasteiger partial charge >= 0.3 is 0 Å². The zero-order chi connectivity index (χ0) is 17.4. The maximum atomic E-state index is 13.1. The van der Waals surface area contributed by atoms with Crippen LogP contribution in [-0.2, 0) is 10.0 Å². The second kappa shape index (κ2) is 9.34. The molecule has 1 saturated heterocycles. The van der Waals surface area contributed by atoms with E-state index < -0.39 is 10.0 Å². The van der Waals surface area contributed by atoms with Crippen molar-refractivity contribution in [2.45, 2.75) is 26.2 Å². The Morgan fingerprint density at radius 3 is 2.58 bits per heavy atom. The highest BCUT2D eigenvalue weighted by atomic mass is 32.2. The lowest BCUT2D eigenvalue weighted by atomic mass is 10.3. The van der Waals surface area contributed by atoms with Gasteiger partial charge in [0.15, 0.2) is 0 Å². The summed E-state index contributed by atoms with van der Waals surface area (Å²) in [5, 5.41) is 0. The summed E-state index contributed by atoms with van der Waals surface area (Å²) in [6.07, 6.45) is 2.71. The Morgan fingerprint density at radius 1 is 1.17 bits per heavy atom. The maximum absolute atomic E-state index is 13.1. The third-order valence-electron chi connectivity index (χ3n) is 4.20. The molecule has 0 bridgehead atoms. The van der Waals surface area contributed by atoms with Crippen molar-refractivity contribution < 1.29 is 17.5 Å². The Morgan fingerprint density at radius 2 is 1.92 bits per heavy atom. The average molecular weight is 358 g/mol. The zero-order valence-electron chi connectivity index (χ0n) is 14.3. The monoisotopic (exact) mass is 358 g/mol. The van der Waals surface area contributed by atoms with Crippen LogP contribution in [0, 0.1) is 5.82 Å². The number of sulfonamides is 1. The first-order valence-electron chi connectivity index (χ1n) is 8.60. The van der Waals surface area contributed by atoms with E-state index in [0.29, 0.717) is 45.1 Å². The number of piperazine rings is 1. The number of benzene rings is 1. The van der Waals surface area contributed by atoms with Gasteiger partial charge in [-0.3, -0.25) is 4.90 Å². The van der Waals surface area contributed by atoms with Crippen LogP contribution in [0.3, 0.4) is 0 Å². The molecule has 1 aromatic carbocycles. The molecule has 7 heteroatoms. The van der Waals surface area contributed by atoms with Crippen molar-refractivity contribution in [3.05, 3.63) is 30.1 Å². The molecule has 1 heterocycles. The summed E-state index contributed by atoms with van der Waals surface area (Å²) in [4.78, 5) is 2.18. The Hall–Kier alpha value is -1.18. The van der Waals surface area contributed by atoms with Gasteiger partial charge in [0, 0.05) is 38.8 Å². The molecular weight excluding hydrogens is 331 g/mol. The predicted octanol–water partition coefficient (Wildman–Crippen LogP) is 2.34. The van der Waals surface area contributed by atoms with Crippen LogP contribution in [0.4, 0.5) is 4.39 Å². The SMILES string of the molecule is CCCCCS(=O)(=O)N1CCN(CCOc2cccc(F)c2)CC1. The van der Waals surface area contributed by atoms with E-state index in [2.05, 4.69) is 11.8 Å². The van der Waals surface area contributed by atoms with Gasteiger partial charge < -0.3 is 4.74 Å². The normalized spacial score (nSPS) is 17.1. The van der Waals surface area contributed by atoms with Crippen LogP contribution in [-0.4, -0.2) is 62.7 Å². The van der Waals surface area contributed by atoms with Gasteiger partial charge in [-0.1, -0.05) is 25.8 Å². The van der Waals surface area contributed by atoms with Crippen molar-refractivity contribution in [3.8, 4) is 5.75 Å². The third kappa shape index (κ3) is 6.03. The molecule has 0 N–H and O–H groups in total. The van der Waals surface area contributed by atoms with Gasteiger partial charge in [0.25, 0.3) is 0 Å². The largest absolute Gasteiger partial charge is 0.492 e. The first-order valence-corrected chi connectivity index (χ1v) is 10.2. The van der Waals surface area contributed by atoms with E-state index >= 15 is 0 Å². The summed E-state index contributed by atoms with van der Waals surface area (Å²) in [7, 11) is -3.11. The molecule has 136 valence electrons. The number of nitrogens with zero attached hydrogens (tertiary/aromatic N) is 2. The summed E-state index contributed by atoms with van der Waals surface area (Å²) in [6, 6.07) is 6.09. The molecule has 0 aromatic heterocycles. The molecule has 1 aromatic rings. The van der Waals surface area contributed by atoms with Crippen LogP contribution < -0.4 is 4.74 Å². The fourth-order valence-electron chi connectivity index (χ4n) is 2.74. The van der Waals surface area contributed by atoms with E-state index in [1.165, 1.54) is 12.1 Å². The van der Waals surface area contributed by atoms with Crippen LogP contribution in [0.2, 0.25) is 0 Å². The van der Waals surface area contributed by atoms with Gasteiger partial charge in [-0.2, -0.15) is 4.31 Å². The number of rotatable bonds is 9. The van der Waals surface area contributed by atoms with Gasteiger partial charge in [-0.05, 0) is 18.6 Å². The minimum absolute atomic E-state index is 0.253. The van der Waals surface area contributed by atoms with Crippen LogP contribution >= 0.6 is 0 Å². The van der Waals surface area contributed by atoms with Crippen molar-refractivity contribution >= 4 is 10.0 Å². The lowest BCUT2D eigenvalue weighted by molar-refractivity contribution is 0.158. The lowest BCUT2D eigenvalue weighted by Crippen LogP contribution is -2.50. The van der Waals surface area contributed by atoms with E-state index in [1.54, 1.807) is 16.4 Å². The molecule has 0 unspecified atom stereocenters. The van der Waals surface area contributed by atoms with Crippen molar-refractivity contribution in [2.24, 2.45) is 0 Å². The predicted molar refractivity (Wildman–Crippen MR) is 93.2 cm³/mol. The fraction of sp³-hybridized carbons (Fsp3) is 0.647. The molecule has 0 radical (unpaired) electrons. The average Bonchev–Trinajstić information content (AvgIpc) is 2.56. The first-order chi connectivity index (χ1) is 11.5. The van der Waals surface area contributed by atoms with Crippen molar-refractivity contribution in [2.75, 3.05) is 45.1 Å². The van der Waals surface area contributed by atoms with Crippen molar-refractivity contribution in [3.63, 3.8) is 0 Å². The second-order valence-electron chi connectivity index (χ2n) is 6.07. The lowest BCUT2D eigenvalue weighted by Gasteiger charge is -2.33. The third-order valence-corrected chi connectivity index (χ3v) is 6.16. The highest BCUT2D eigenvalue weighted by molar-refractivity contribution is 7.89. The highest BCUT2D eigenvalue weighted by Crippen LogP contribution is 2.13. The van der Waals surface area contributed by atoms with E-state index in [0.717, 1.165) is 19.3 Å². The molecule has 2 rings (SSSR count). The number of hydrogen-bond donors (Lipinski definition) is 0. The Labute approximate surface area is 144 Å². The van der Waals surface area contributed by atoms with Crippen LogP contribution in [0.25, 0.3) is 0 Å². The second-order valence-corrected chi connectivity index (χ2v) is 8.16. The van der Waals surface area contributed by atoms with Crippen LogP contribution in [0.15, 0.2) is 24.3 Å². The Kier molecular flexibility index (Phi) is 7.45. The molecule has 1 fully saturated rings. The van der Waals surface area contributed by atoms with Gasteiger partial charge in [0.1, 0.15) is 18.2 Å². The molecule has 1 aliphatic heterocycles. The molecule has 0 saturated carbocycles. The first kappa shape index (κ1) is 19.1. The standard InChI is InChI=1S/C17H27FN2O3S/c1-2-3-4-14-24(21,22)20-10-8-19(9-11-20)12-13-23-17-7-5-6-16(18)15-17/h5-7,15H,2-4,8-14H2,1H3.